The van der Waals surface area contributed by atoms with Crippen LogP contribution in [0.5, 0.6) is 0 Å². The van der Waals surface area contributed by atoms with Gasteiger partial charge in [-0.2, -0.15) is 0 Å². The molecular weight excluding hydrogens is 340 g/mol. The van der Waals surface area contributed by atoms with Crippen LogP contribution in [-0.2, 0) is 4.79 Å². The van der Waals surface area contributed by atoms with Gasteiger partial charge < -0.3 is 14.6 Å². The summed E-state index contributed by atoms with van der Waals surface area (Å²) >= 11 is 1.34. The highest BCUT2D eigenvalue weighted by Gasteiger charge is 2.36. The fourth-order valence-corrected chi connectivity index (χ4v) is 4.20. The van der Waals surface area contributed by atoms with Gasteiger partial charge >= 0.3 is 0 Å². The van der Waals surface area contributed by atoms with E-state index in [0.717, 1.165) is 36.2 Å². The molecule has 1 saturated heterocycles. The Kier molecular flexibility index (Phi) is 4.07. The summed E-state index contributed by atoms with van der Waals surface area (Å²) < 4.78 is 5.54. The van der Waals surface area contributed by atoms with E-state index in [1.807, 2.05) is 13.0 Å². The number of nitrogens with one attached hydrogen (secondary N) is 1. The quantitative estimate of drug-likeness (QED) is 0.905. The summed E-state index contributed by atoms with van der Waals surface area (Å²) in [5.74, 6) is 1.17. The summed E-state index contributed by atoms with van der Waals surface area (Å²) in [4.78, 5) is 27.4. The van der Waals surface area contributed by atoms with Gasteiger partial charge in [0.2, 0.25) is 17.7 Å². The number of rotatable bonds is 4. The highest BCUT2D eigenvalue weighted by Crippen LogP contribution is 2.36. The molecule has 4 rings (SSSR count). The minimum absolute atomic E-state index is 0.0345. The Labute approximate surface area is 149 Å². The Hall–Kier alpha value is -2.22. The zero-order valence-corrected chi connectivity index (χ0v) is 15.1. The Morgan fingerprint density at radius 2 is 2.08 bits per heavy atom. The van der Waals surface area contributed by atoms with Gasteiger partial charge in [-0.25, -0.2) is 0 Å². The van der Waals surface area contributed by atoms with E-state index in [2.05, 4.69) is 15.5 Å². The zero-order valence-electron chi connectivity index (χ0n) is 14.2. The number of amides is 2. The lowest BCUT2D eigenvalue weighted by molar-refractivity contribution is -0.117. The van der Waals surface area contributed by atoms with Crippen LogP contribution < -0.4 is 5.32 Å². The van der Waals surface area contributed by atoms with Gasteiger partial charge in [0, 0.05) is 19.4 Å². The maximum atomic E-state index is 13.0. The molecule has 0 aromatic carbocycles. The second-order valence-corrected chi connectivity index (χ2v) is 7.75. The molecule has 8 heteroatoms. The number of thiophene rings is 1. The smallest absolute Gasteiger partial charge is 0.264 e. The van der Waals surface area contributed by atoms with Crippen LogP contribution in [0.25, 0.3) is 0 Å². The van der Waals surface area contributed by atoms with Crippen LogP contribution in [0.15, 0.2) is 10.5 Å². The van der Waals surface area contributed by atoms with Crippen molar-refractivity contribution in [2.75, 3.05) is 11.9 Å². The van der Waals surface area contributed by atoms with E-state index in [-0.39, 0.29) is 23.8 Å². The van der Waals surface area contributed by atoms with E-state index in [1.165, 1.54) is 11.3 Å². The number of likely N-dealkylation sites (tertiary alicyclic amines) is 1. The number of aromatic nitrogens is 2. The SMILES string of the molecule is Cc1nnc([C@H]2CCCN2C(=O)c2sc(NC(=O)C3CC3)cc2C)o1. The normalized spacial score (nSPS) is 20.1. The summed E-state index contributed by atoms with van der Waals surface area (Å²) in [6, 6.07) is 1.71. The lowest BCUT2D eigenvalue weighted by atomic mass is 10.2. The highest BCUT2D eigenvalue weighted by molar-refractivity contribution is 7.18. The molecule has 0 radical (unpaired) electrons. The molecule has 0 spiro atoms. The number of nitrogens with zero attached hydrogens (tertiary/aromatic N) is 3. The largest absolute Gasteiger partial charge is 0.423 e. The van der Waals surface area contributed by atoms with Gasteiger partial charge in [-0.15, -0.1) is 21.5 Å². The van der Waals surface area contributed by atoms with Gasteiger partial charge in [-0.3, -0.25) is 9.59 Å². The predicted molar refractivity (Wildman–Crippen MR) is 92.5 cm³/mol. The number of hydrogen-bond donors (Lipinski definition) is 1. The topological polar surface area (TPSA) is 88.3 Å². The van der Waals surface area contributed by atoms with Crippen LogP contribution in [0.3, 0.4) is 0 Å². The van der Waals surface area contributed by atoms with Crippen LogP contribution in [-0.4, -0.2) is 33.5 Å². The third-order valence-electron chi connectivity index (χ3n) is 4.65. The summed E-state index contributed by atoms with van der Waals surface area (Å²) in [5.41, 5.74) is 0.883. The maximum absolute atomic E-state index is 13.0. The minimum atomic E-state index is -0.167. The molecule has 132 valence electrons. The first-order chi connectivity index (χ1) is 12.0. The van der Waals surface area contributed by atoms with Gasteiger partial charge in [0.1, 0.15) is 6.04 Å². The van der Waals surface area contributed by atoms with Crippen LogP contribution in [0.4, 0.5) is 5.00 Å². The van der Waals surface area contributed by atoms with Gasteiger partial charge in [0.05, 0.1) is 9.88 Å². The third kappa shape index (κ3) is 3.18. The fourth-order valence-electron chi connectivity index (χ4n) is 3.17. The maximum Gasteiger partial charge on any atom is 0.264 e. The van der Waals surface area contributed by atoms with Crippen molar-refractivity contribution in [3.63, 3.8) is 0 Å². The molecule has 25 heavy (non-hydrogen) atoms. The molecule has 2 aromatic heterocycles. The molecule has 7 nitrogen and oxygen atoms in total. The molecule has 2 aliphatic rings. The molecule has 2 amide bonds. The van der Waals surface area contributed by atoms with Crippen molar-refractivity contribution in [3.8, 4) is 0 Å². The molecule has 0 unspecified atom stereocenters. The number of hydrogen-bond acceptors (Lipinski definition) is 6. The number of anilines is 1. The first-order valence-electron chi connectivity index (χ1n) is 8.55. The van der Waals surface area contributed by atoms with Crippen molar-refractivity contribution in [1.29, 1.82) is 0 Å². The summed E-state index contributed by atoms with van der Waals surface area (Å²) in [6.07, 6.45) is 3.65. The molecule has 1 saturated carbocycles. The average Bonchev–Trinajstić information content (AvgIpc) is 2.99. The van der Waals surface area contributed by atoms with E-state index < -0.39 is 0 Å². The van der Waals surface area contributed by atoms with E-state index in [4.69, 9.17) is 4.42 Å². The van der Waals surface area contributed by atoms with E-state index >= 15 is 0 Å². The summed E-state index contributed by atoms with van der Waals surface area (Å²) in [5, 5.41) is 11.6. The molecular formula is C17H20N4O3S. The van der Waals surface area contributed by atoms with Gasteiger partial charge in [0.15, 0.2) is 0 Å². The lowest BCUT2D eigenvalue weighted by Gasteiger charge is -2.21. The van der Waals surface area contributed by atoms with Crippen LogP contribution >= 0.6 is 11.3 Å². The third-order valence-corrected chi connectivity index (χ3v) is 5.79. The number of carbonyl (C=O) groups is 2. The number of carbonyl (C=O) groups excluding carboxylic acids is 2. The number of aryl methyl sites for hydroxylation is 2. The highest BCUT2D eigenvalue weighted by atomic mass is 32.1. The molecule has 0 bridgehead atoms. The van der Waals surface area contributed by atoms with E-state index in [0.29, 0.717) is 23.2 Å². The van der Waals surface area contributed by atoms with Crippen LogP contribution in [0.1, 0.15) is 58.7 Å². The van der Waals surface area contributed by atoms with Crippen molar-refractivity contribution in [2.24, 2.45) is 5.92 Å². The minimum Gasteiger partial charge on any atom is -0.423 e. The molecule has 1 aliphatic heterocycles. The molecule has 1 N–H and O–H groups in total. The van der Waals surface area contributed by atoms with E-state index in [9.17, 15) is 9.59 Å². The summed E-state index contributed by atoms with van der Waals surface area (Å²) in [6.45, 7) is 4.32. The first-order valence-corrected chi connectivity index (χ1v) is 9.37. The van der Waals surface area contributed by atoms with Crippen LogP contribution in [0.2, 0.25) is 0 Å². The van der Waals surface area contributed by atoms with E-state index in [1.54, 1.807) is 11.8 Å². The molecule has 1 aliphatic carbocycles. The molecule has 2 aromatic rings. The molecule has 3 heterocycles. The summed E-state index contributed by atoms with van der Waals surface area (Å²) in [7, 11) is 0. The predicted octanol–water partition coefficient (Wildman–Crippen LogP) is 3.07. The molecule has 2 fully saturated rings. The Morgan fingerprint density at radius 1 is 1.28 bits per heavy atom. The monoisotopic (exact) mass is 360 g/mol. The fraction of sp³-hybridized carbons (Fsp3) is 0.529. The van der Waals surface area contributed by atoms with Crippen molar-refractivity contribution in [2.45, 2.75) is 45.6 Å². The van der Waals surface area contributed by atoms with Crippen molar-refractivity contribution >= 4 is 28.2 Å². The standard InChI is InChI=1S/C17H20N4O3S/c1-9-8-13(18-15(22)11-5-6-11)25-14(9)17(23)21-7-3-4-12(21)16-20-19-10(2)24-16/h8,11-12H,3-7H2,1-2H3,(H,18,22)/t12-/m1/s1. The van der Waals surface area contributed by atoms with Gasteiger partial charge in [-0.1, -0.05) is 0 Å². The van der Waals surface area contributed by atoms with Crippen molar-refractivity contribution < 1.29 is 14.0 Å². The Bertz CT molecular complexity index is 824. The zero-order chi connectivity index (χ0) is 17.6. The van der Waals surface area contributed by atoms with Crippen molar-refractivity contribution in [3.05, 3.63) is 28.3 Å². The lowest BCUT2D eigenvalue weighted by Crippen LogP contribution is -2.30. The van der Waals surface area contributed by atoms with Crippen LogP contribution in [0, 0.1) is 19.8 Å². The second-order valence-electron chi connectivity index (χ2n) is 6.70. The van der Waals surface area contributed by atoms with Crippen molar-refractivity contribution in [1.82, 2.24) is 15.1 Å². The second kappa shape index (κ2) is 6.25. The first kappa shape index (κ1) is 16.3. The Balaban J connectivity index is 1.53. The van der Waals surface area contributed by atoms with Gasteiger partial charge in [-0.05, 0) is 44.2 Å². The molecule has 1 atom stereocenters. The average molecular weight is 360 g/mol. The van der Waals surface area contributed by atoms with Gasteiger partial charge in [0.25, 0.3) is 5.91 Å². The Morgan fingerprint density at radius 3 is 2.76 bits per heavy atom.